The summed E-state index contributed by atoms with van der Waals surface area (Å²) in [6.07, 6.45) is 5.40. The van der Waals surface area contributed by atoms with E-state index in [0.717, 1.165) is 30.1 Å². The Kier molecular flexibility index (Phi) is 8.24. The van der Waals surface area contributed by atoms with Gasteiger partial charge in [-0.25, -0.2) is 0 Å². The van der Waals surface area contributed by atoms with Gasteiger partial charge in [0.25, 0.3) is 0 Å². The van der Waals surface area contributed by atoms with Crippen LogP contribution in [0.5, 0.6) is 5.75 Å². The first-order valence-electron chi connectivity index (χ1n) is 8.29. The summed E-state index contributed by atoms with van der Waals surface area (Å²) in [5, 5.41) is 32.2. The second kappa shape index (κ2) is 10.2. The zero-order valence-electron chi connectivity index (χ0n) is 13.6. The van der Waals surface area contributed by atoms with Crippen molar-refractivity contribution in [3.63, 3.8) is 0 Å². The van der Waals surface area contributed by atoms with E-state index in [-0.39, 0.29) is 18.7 Å². The van der Waals surface area contributed by atoms with Crippen molar-refractivity contribution in [1.29, 1.82) is 0 Å². The number of hydrogen-bond donors (Lipinski definition) is 2. The standard InChI is InChI=1S/C17H24NO4S2/c19-14-7-5-13(6-8-14)12-16(17(20)21)18(22)10-3-1-2-4-15-9-11-23-24-15/h5-8,15-16,19H,1-4,9-12H2,(H,20,21)/q-1. The van der Waals surface area contributed by atoms with Gasteiger partial charge in [0.2, 0.25) is 0 Å². The average molecular weight is 371 g/mol. The maximum absolute atomic E-state index is 12.2. The predicted octanol–water partition coefficient (Wildman–Crippen LogP) is 3.90. The monoisotopic (exact) mass is 370 g/mol. The molecule has 1 aliphatic rings. The summed E-state index contributed by atoms with van der Waals surface area (Å²) in [6.45, 7) is 0.252. The van der Waals surface area contributed by atoms with Crippen molar-refractivity contribution in [2.75, 3.05) is 12.3 Å². The third-order valence-electron chi connectivity index (χ3n) is 4.13. The fraction of sp³-hybridized carbons (Fsp3) is 0.588. The molecule has 2 N–H and O–H groups in total. The molecule has 0 bridgehead atoms. The van der Waals surface area contributed by atoms with Gasteiger partial charge < -0.3 is 20.5 Å². The molecule has 0 amide bonds. The van der Waals surface area contributed by atoms with Gasteiger partial charge in [-0.05, 0) is 49.9 Å². The van der Waals surface area contributed by atoms with E-state index < -0.39 is 12.0 Å². The zero-order chi connectivity index (χ0) is 17.4. The van der Waals surface area contributed by atoms with Crippen LogP contribution in [0.4, 0.5) is 0 Å². The number of aromatic hydroxyl groups is 1. The van der Waals surface area contributed by atoms with Crippen LogP contribution < -0.4 is 0 Å². The minimum absolute atomic E-state index is 0.128. The minimum Gasteiger partial charge on any atom is -0.785 e. The highest BCUT2D eigenvalue weighted by molar-refractivity contribution is 8.77. The molecule has 0 aromatic heterocycles. The molecule has 24 heavy (non-hydrogen) atoms. The van der Waals surface area contributed by atoms with Crippen LogP contribution >= 0.6 is 21.6 Å². The zero-order valence-corrected chi connectivity index (χ0v) is 15.2. The normalized spacial score (nSPS) is 18.8. The van der Waals surface area contributed by atoms with E-state index in [1.807, 2.05) is 21.6 Å². The molecule has 1 fully saturated rings. The molecule has 1 aliphatic heterocycles. The summed E-state index contributed by atoms with van der Waals surface area (Å²) in [5.74, 6) is 0.266. The Balaban J connectivity index is 1.71. The quantitative estimate of drug-likeness (QED) is 0.367. The van der Waals surface area contributed by atoms with Gasteiger partial charge in [-0.1, -0.05) is 46.6 Å². The van der Waals surface area contributed by atoms with Crippen molar-refractivity contribution < 1.29 is 15.0 Å². The number of hydrogen-bond acceptors (Lipinski definition) is 6. The summed E-state index contributed by atoms with van der Waals surface area (Å²) in [6, 6.07) is 5.23. The van der Waals surface area contributed by atoms with Crippen LogP contribution in [-0.4, -0.2) is 44.8 Å². The number of aliphatic carboxylic acids is 1. The van der Waals surface area contributed by atoms with Gasteiger partial charge in [-0.2, -0.15) is 0 Å². The summed E-state index contributed by atoms with van der Waals surface area (Å²) in [4.78, 5) is 11.4. The molecule has 0 aliphatic carbocycles. The minimum atomic E-state index is -1.10. The van der Waals surface area contributed by atoms with E-state index >= 15 is 0 Å². The molecule has 134 valence electrons. The summed E-state index contributed by atoms with van der Waals surface area (Å²) >= 11 is 0. The van der Waals surface area contributed by atoms with E-state index in [1.54, 1.807) is 12.1 Å². The van der Waals surface area contributed by atoms with Crippen molar-refractivity contribution in [3.05, 3.63) is 35.0 Å². The van der Waals surface area contributed by atoms with Crippen molar-refractivity contribution in [1.82, 2.24) is 5.06 Å². The average Bonchev–Trinajstić information content (AvgIpc) is 3.07. The van der Waals surface area contributed by atoms with Gasteiger partial charge in [-0.3, -0.25) is 4.79 Å². The smallest absolute Gasteiger partial charge is 0.320 e. The molecule has 5 nitrogen and oxygen atoms in total. The summed E-state index contributed by atoms with van der Waals surface area (Å²) in [7, 11) is 3.90. The Bertz CT molecular complexity index is 506. The SMILES string of the molecule is O=C(O)C(Cc1ccc(O)cc1)N([O-])CCCCCC1CCSS1. The first-order chi connectivity index (χ1) is 11.6. The topological polar surface area (TPSA) is 83.8 Å². The molecule has 2 unspecified atom stereocenters. The van der Waals surface area contributed by atoms with E-state index in [2.05, 4.69) is 0 Å². The van der Waals surface area contributed by atoms with Crippen molar-refractivity contribution in [2.45, 2.75) is 49.8 Å². The Hall–Kier alpha value is -0.890. The molecule has 1 aromatic rings. The molecular formula is C17H24NO4S2-. The van der Waals surface area contributed by atoms with Crippen LogP contribution in [0, 0.1) is 5.21 Å². The molecule has 7 heteroatoms. The molecular weight excluding hydrogens is 346 g/mol. The number of nitrogens with zero attached hydrogens (tertiary/aromatic N) is 1. The Morgan fingerprint density at radius 1 is 1.29 bits per heavy atom. The lowest BCUT2D eigenvalue weighted by Gasteiger charge is -2.34. The van der Waals surface area contributed by atoms with E-state index in [0.29, 0.717) is 5.06 Å². The number of carboxylic acid groups (broad SMARTS) is 1. The lowest BCUT2D eigenvalue weighted by atomic mass is 10.0. The van der Waals surface area contributed by atoms with Crippen molar-refractivity contribution >= 4 is 27.6 Å². The molecule has 2 atom stereocenters. The van der Waals surface area contributed by atoms with Gasteiger partial charge in [0.05, 0.1) is 0 Å². The van der Waals surface area contributed by atoms with Crippen LogP contribution in [0.15, 0.2) is 24.3 Å². The van der Waals surface area contributed by atoms with E-state index in [9.17, 15) is 20.2 Å². The summed E-state index contributed by atoms with van der Waals surface area (Å²) in [5.41, 5.74) is 0.733. The van der Waals surface area contributed by atoms with Crippen LogP contribution in [0.2, 0.25) is 0 Å². The predicted molar refractivity (Wildman–Crippen MR) is 100 cm³/mol. The lowest BCUT2D eigenvalue weighted by molar-refractivity contribution is -0.142. The van der Waals surface area contributed by atoms with Gasteiger partial charge in [0.1, 0.15) is 11.8 Å². The first-order valence-corrected chi connectivity index (χ1v) is 10.7. The second-order valence-corrected chi connectivity index (χ2v) is 8.83. The third kappa shape index (κ3) is 6.55. The fourth-order valence-corrected chi connectivity index (χ4v) is 5.73. The van der Waals surface area contributed by atoms with E-state index in [4.69, 9.17) is 0 Å². The van der Waals surface area contributed by atoms with Crippen LogP contribution in [0.3, 0.4) is 0 Å². The molecule has 2 rings (SSSR count). The van der Waals surface area contributed by atoms with Crippen molar-refractivity contribution in [2.24, 2.45) is 0 Å². The van der Waals surface area contributed by atoms with Gasteiger partial charge in [0, 0.05) is 11.0 Å². The maximum atomic E-state index is 12.2. The number of phenolic OH excluding ortho intramolecular Hbond substituents is 1. The highest BCUT2D eigenvalue weighted by atomic mass is 33.1. The number of hydroxylamine groups is 2. The van der Waals surface area contributed by atoms with Crippen LogP contribution in [0.25, 0.3) is 0 Å². The fourth-order valence-electron chi connectivity index (χ4n) is 2.70. The number of carboxylic acids is 1. The molecule has 0 saturated carbocycles. The number of benzene rings is 1. The molecule has 0 radical (unpaired) electrons. The Morgan fingerprint density at radius 2 is 2.04 bits per heavy atom. The number of phenols is 1. The summed E-state index contributed by atoms with van der Waals surface area (Å²) < 4.78 is 0. The molecule has 0 spiro atoms. The number of rotatable bonds is 10. The Labute approximate surface area is 150 Å². The van der Waals surface area contributed by atoms with Crippen LogP contribution in [0.1, 0.15) is 37.7 Å². The van der Waals surface area contributed by atoms with Gasteiger partial charge in [0.15, 0.2) is 0 Å². The maximum Gasteiger partial charge on any atom is 0.320 e. The number of unbranched alkanes of at least 4 members (excludes halogenated alkanes) is 2. The molecule has 1 heterocycles. The lowest BCUT2D eigenvalue weighted by Crippen LogP contribution is -2.39. The van der Waals surface area contributed by atoms with E-state index in [1.165, 1.54) is 30.7 Å². The van der Waals surface area contributed by atoms with Gasteiger partial charge >= 0.3 is 5.97 Å². The van der Waals surface area contributed by atoms with Crippen LogP contribution in [-0.2, 0) is 11.2 Å². The highest BCUT2D eigenvalue weighted by Crippen LogP contribution is 2.39. The third-order valence-corrected chi connectivity index (χ3v) is 7.14. The molecule has 1 aromatic carbocycles. The first kappa shape index (κ1) is 19.4. The number of carbonyl (C=O) groups is 1. The van der Waals surface area contributed by atoms with Crippen molar-refractivity contribution in [3.8, 4) is 5.75 Å². The Morgan fingerprint density at radius 3 is 2.67 bits per heavy atom. The molecule has 1 saturated heterocycles. The van der Waals surface area contributed by atoms with Gasteiger partial charge in [-0.15, -0.1) is 0 Å². The largest absolute Gasteiger partial charge is 0.785 e. The highest BCUT2D eigenvalue weighted by Gasteiger charge is 2.20. The second-order valence-electron chi connectivity index (χ2n) is 6.04.